The molecule has 0 aliphatic heterocycles. The molecule has 1 rings (SSSR count). The van der Waals surface area contributed by atoms with Gasteiger partial charge in [0, 0.05) is 6.42 Å². The van der Waals surface area contributed by atoms with Crippen LogP contribution in [0.5, 0.6) is 0 Å². The van der Waals surface area contributed by atoms with E-state index in [-0.39, 0.29) is 6.10 Å². The van der Waals surface area contributed by atoms with Gasteiger partial charge in [-0.25, -0.2) is 0 Å². The number of allylic oxidation sites excluding steroid dienone is 1. The second-order valence-corrected chi connectivity index (χ2v) is 7.15. The second-order valence-electron chi connectivity index (χ2n) is 7.15. The van der Waals surface area contributed by atoms with Gasteiger partial charge >= 0.3 is 5.97 Å². The fourth-order valence-electron chi connectivity index (χ4n) is 3.68. The van der Waals surface area contributed by atoms with Crippen LogP contribution in [0.2, 0.25) is 0 Å². The summed E-state index contributed by atoms with van der Waals surface area (Å²) in [5, 5.41) is 18.6. The fourth-order valence-corrected chi connectivity index (χ4v) is 3.68. The maximum absolute atomic E-state index is 10.5. The van der Waals surface area contributed by atoms with Crippen LogP contribution in [0.15, 0.2) is 12.2 Å². The third-order valence-electron chi connectivity index (χ3n) is 5.12. The molecule has 2 N–H and O–H groups in total. The summed E-state index contributed by atoms with van der Waals surface area (Å²) >= 11 is 0. The Bertz CT molecular complexity index is 338. The molecule has 0 saturated heterocycles. The summed E-state index contributed by atoms with van der Waals surface area (Å²) in [7, 11) is 0. The van der Waals surface area contributed by atoms with Crippen LogP contribution in [0, 0.1) is 11.8 Å². The number of rotatable bonds is 13. The Hall–Kier alpha value is -0.830. The van der Waals surface area contributed by atoms with E-state index in [4.69, 9.17) is 5.11 Å². The van der Waals surface area contributed by atoms with Crippen molar-refractivity contribution in [2.24, 2.45) is 11.8 Å². The van der Waals surface area contributed by atoms with Gasteiger partial charge in [-0.15, -0.1) is 0 Å². The number of aliphatic carboxylic acids is 1. The fraction of sp³-hybridized carbons (Fsp3) is 0.850. The van der Waals surface area contributed by atoms with E-state index in [0.29, 0.717) is 12.3 Å². The number of carboxylic acids is 1. The highest BCUT2D eigenvalue weighted by molar-refractivity contribution is 5.66. The van der Waals surface area contributed by atoms with Crippen LogP contribution in [0.1, 0.15) is 90.4 Å². The summed E-state index contributed by atoms with van der Waals surface area (Å²) in [6.45, 7) is 2.19. The first-order valence-electron chi connectivity index (χ1n) is 9.71. The quantitative estimate of drug-likeness (QED) is 0.356. The van der Waals surface area contributed by atoms with Gasteiger partial charge in [-0.2, -0.15) is 0 Å². The Kier molecular flexibility index (Phi) is 11.1. The van der Waals surface area contributed by atoms with E-state index in [1.165, 1.54) is 44.9 Å². The van der Waals surface area contributed by atoms with Gasteiger partial charge < -0.3 is 10.2 Å². The lowest BCUT2D eigenvalue weighted by Gasteiger charge is -2.16. The van der Waals surface area contributed by atoms with Crippen molar-refractivity contribution in [3.63, 3.8) is 0 Å². The van der Waals surface area contributed by atoms with Crippen molar-refractivity contribution in [3.8, 4) is 0 Å². The zero-order chi connectivity index (χ0) is 16.9. The van der Waals surface area contributed by atoms with Crippen LogP contribution in [-0.2, 0) is 4.79 Å². The van der Waals surface area contributed by atoms with Gasteiger partial charge in [0.2, 0.25) is 0 Å². The number of aliphatic hydroxyl groups excluding tert-OH is 1. The summed E-state index contributed by atoms with van der Waals surface area (Å²) in [6, 6.07) is 0. The molecule has 0 radical (unpaired) electrons. The number of unbranched alkanes of at least 4 members (excludes halogenated alkanes) is 5. The van der Waals surface area contributed by atoms with Crippen LogP contribution in [-0.4, -0.2) is 22.3 Å². The summed E-state index contributed by atoms with van der Waals surface area (Å²) in [5.41, 5.74) is 0. The predicted octanol–water partition coefficient (Wildman–Crippen LogP) is 5.33. The van der Waals surface area contributed by atoms with E-state index in [1.54, 1.807) is 0 Å². The smallest absolute Gasteiger partial charge is 0.303 e. The number of carbonyl (C=O) groups is 1. The third kappa shape index (κ3) is 9.80. The monoisotopic (exact) mass is 324 g/mol. The Balaban J connectivity index is 2.16. The highest BCUT2D eigenvalue weighted by Gasteiger charge is 2.24. The van der Waals surface area contributed by atoms with Crippen LogP contribution in [0.25, 0.3) is 0 Å². The molecule has 1 fully saturated rings. The molecular formula is C20H36O3. The lowest BCUT2D eigenvalue weighted by atomic mass is 9.89. The minimum absolute atomic E-state index is 0.265. The normalized spacial score (nSPS) is 22.7. The molecule has 0 amide bonds. The van der Waals surface area contributed by atoms with Gasteiger partial charge in [0.05, 0.1) is 6.10 Å². The number of hydrogen-bond donors (Lipinski definition) is 2. The zero-order valence-corrected chi connectivity index (χ0v) is 14.9. The second kappa shape index (κ2) is 12.6. The topological polar surface area (TPSA) is 57.5 Å². The lowest BCUT2D eigenvalue weighted by Crippen LogP contribution is -2.08. The minimum atomic E-state index is -0.677. The molecule has 0 heterocycles. The third-order valence-corrected chi connectivity index (χ3v) is 5.12. The van der Waals surface area contributed by atoms with Gasteiger partial charge in [-0.3, -0.25) is 4.79 Å². The first-order chi connectivity index (χ1) is 11.1. The van der Waals surface area contributed by atoms with Crippen LogP contribution < -0.4 is 0 Å². The van der Waals surface area contributed by atoms with Crippen molar-refractivity contribution in [1.29, 1.82) is 0 Å². The summed E-state index contributed by atoms with van der Waals surface area (Å²) in [5.74, 6) is 0.742. The number of aliphatic hydroxyl groups is 1. The van der Waals surface area contributed by atoms with Crippen molar-refractivity contribution >= 4 is 5.97 Å². The molecule has 134 valence electrons. The van der Waals surface area contributed by atoms with Crippen molar-refractivity contribution < 1.29 is 15.0 Å². The highest BCUT2D eigenvalue weighted by Crippen LogP contribution is 2.36. The van der Waals surface area contributed by atoms with Crippen molar-refractivity contribution in [3.05, 3.63) is 12.2 Å². The molecular weight excluding hydrogens is 288 g/mol. The zero-order valence-electron chi connectivity index (χ0n) is 14.9. The van der Waals surface area contributed by atoms with Gasteiger partial charge in [0.15, 0.2) is 0 Å². The number of hydrogen-bond acceptors (Lipinski definition) is 2. The molecule has 1 saturated carbocycles. The average Bonchev–Trinajstić information content (AvgIpc) is 2.96. The first-order valence-corrected chi connectivity index (χ1v) is 9.71. The van der Waals surface area contributed by atoms with Crippen LogP contribution in [0.3, 0.4) is 0 Å². The number of carboxylic acid groups (broad SMARTS) is 1. The molecule has 3 heteroatoms. The van der Waals surface area contributed by atoms with Gasteiger partial charge in [0.1, 0.15) is 0 Å². The standard InChI is InChI=1S/C20H36O3/c1-2-3-6-13-19(21)16-15-18-12-9-11-17(18)10-7-4-5-8-14-20(22)23/h15-19,21H,2-14H2,1H3,(H,22,23). The Morgan fingerprint density at radius 1 is 1.13 bits per heavy atom. The van der Waals surface area contributed by atoms with E-state index in [9.17, 15) is 9.90 Å². The molecule has 0 spiro atoms. The van der Waals surface area contributed by atoms with Gasteiger partial charge in [-0.05, 0) is 43.9 Å². The van der Waals surface area contributed by atoms with Gasteiger partial charge in [-0.1, -0.05) is 64.0 Å². The SMILES string of the molecule is CCCCCC(O)C=CC1CCCC1CCCCCCC(=O)O. The predicted molar refractivity (Wildman–Crippen MR) is 95.5 cm³/mol. The molecule has 0 bridgehead atoms. The highest BCUT2D eigenvalue weighted by atomic mass is 16.4. The maximum atomic E-state index is 10.5. The maximum Gasteiger partial charge on any atom is 0.303 e. The van der Waals surface area contributed by atoms with Crippen molar-refractivity contribution in [2.75, 3.05) is 0 Å². The molecule has 3 unspecified atom stereocenters. The average molecular weight is 325 g/mol. The van der Waals surface area contributed by atoms with Gasteiger partial charge in [0.25, 0.3) is 0 Å². The van der Waals surface area contributed by atoms with Crippen molar-refractivity contribution in [2.45, 2.75) is 96.5 Å². The molecule has 0 aromatic rings. The van der Waals surface area contributed by atoms with E-state index in [1.807, 2.05) is 6.08 Å². The molecule has 0 aromatic heterocycles. The Morgan fingerprint density at radius 3 is 2.65 bits per heavy atom. The van der Waals surface area contributed by atoms with E-state index in [2.05, 4.69) is 13.0 Å². The molecule has 0 aromatic carbocycles. The molecule has 23 heavy (non-hydrogen) atoms. The largest absolute Gasteiger partial charge is 0.481 e. The van der Waals surface area contributed by atoms with E-state index >= 15 is 0 Å². The summed E-state index contributed by atoms with van der Waals surface area (Å²) in [4.78, 5) is 10.5. The minimum Gasteiger partial charge on any atom is -0.481 e. The first kappa shape index (κ1) is 20.2. The molecule has 1 aliphatic carbocycles. The van der Waals surface area contributed by atoms with E-state index < -0.39 is 5.97 Å². The molecule has 3 nitrogen and oxygen atoms in total. The lowest BCUT2D eigenvalue weighted by molar-refractivity contribution is -0.137. The molecule has 1 aliphatic rings. The summed E-state index contributed by atoms with van der Waals surface area (Å²) in [6.07, 6.45) is 18.1. The Labute approximate surface area is 142 Å². The van der Waals surface area contributed by atoms with Crippen LogP contribution >= 0.6 is 0 Å². The van der Waals surface area contributed by atoms with Crippen molar-refractivity contribution in [1.82, 2.24) is 0 Å². The van der Waals surface area contributed by atoms with E-state index in [0.717, 1.165) is 38.0 Å². The van der Waals surface area contributed by atoms with Crippen LogP contribution in [0.4, 0.5) is 0 Å². The molecule has 3 atom stereocenters. The summed E-state index contributed by atoms with van der Waals surface area (Å²) < 4.78 is 0. The Morgan fingerprint density at radius 2 is 1.91 bits per heavy atom.